The highest BCUT2D eigenvalue weighted by atomic mass is 35.5. The van der Waals surface area contributed by atoms with Gasteiger partial charge in [-0.25, -0.2) is 9.97 Å². The van der Waals surface area contributed by atoms with Gasteiger partial charge in [-0.15, -0.1) is 0 Å². The molecule has 24 heavy (non-hydrogen) atoms. The van der Waals surface area contributed by atoms with E-state index in [0.29, 0.717) is 28.0 Å². The monoisotopic (exact) mass is 346 g/mol. The molecule has 0 radical (unpaired) electrons. The number of aromatic nitrogens is 2. The van der Waals surface area contributed by atoms with Crippen molar-refractivity contribution in [1.29, 1.82) is 0 Å². The molecule has 0 saturated carbocycles. The topological polar surface area (TPSA) is 67.3 Å². The standard InChI is InChI=1S/C17H19ClN4O2/c1-11-7-14(15(24-2)8-13(11)18)21-16(23)12-9-19-17(20-10-12)22-5-3-4-6-22/h7-10H,3-6H2,1-2H3,(H,21,23). The van der Waals surface area contributed by atoms with Crippen LogP contribution in [-0.2, 0) is 0 Å². The summed E-state index contributed by atoms with van der Waals surface area (Å²) in [5.74, 6) is 0.889. The lowest BCUT2D eigenvalue weighted by atomic mass is 10.2. The molecule has 0 bridgehead atoms. The summed E-state index contributed by atoms with van der Waals surface area (Å²) in [6.45, 7) is 3.80. The molecule has 1 aliphatic rings. The average molecular weight is 347 g/mol. The van der Waals surface area contributed by atoms with Gasteiger partial charge in [-0.1, -0.05) is 11.6 Å². The van der Waals surface area contributed by atoms with Crippen molar-refractivity contribution in [2.75, 3.05) is 30.4 Å². The van der Waals surface area contributed by atoms with Crippen LogP contribution in [0.25, 0.3) is 0 Å². The maximum absolute atomic E-state index is 12.4. The molecule has 1 amide bonds. The lowest BCUT2D eigenvalue weighted by Crippen LogP contribution is -2.21. The van der Waals surface area contributed by atoms with Gasteiger partial charge in [0, 0.05) is 36.6 Å². The lowest BCUT2D eigenvalue weighted by molar-refractivity contribution is 0.102. The third-order valence-electron chi connectivity index (χ3n) is 4.02. The van der Waals surface area contributed by atoms with E-state index in [1.54, 1.807) is 24.5 Å². The largest absolute Gasteiger partial charge is 0.495 e. The molecule has 6 nitrogen and oxygen atoms in total. The molecule has 7 heteroatoms. The molecule has 0 aliphatic carbocycles. The van der Waals surface area contributed by atoms with Crippen molar-refractivity contribution < 1.29 is 9.53 Å². The molecule has 0 unspecified atom stereocenters. The molecular weight excluding hydrogens is 328 g/mol. The van der Waals surface area contributed by atoms with Crippen molar-refractivity contribution in [2.45, 2.75) is 19.8 Å². The van der Waals surface area contributed by atoms with E-state index in [-0.39, 0.29) is 5.91 Å². The zero-order valence-electron chi connectivity index (χ0n) is 13.7. The summed E-state index contributed by atoms with van der Waals surface area (Å²) >= 11 is 6.08. The van der Waals surface area contributed by atoms with Gasteiger partial charge in [0.1, 0.15) is 5.75 Å². The predicted octanol–water partition coefficient (Wildman–Crippen LogP) is 3.30. The number of aryl methyl sites for hydroxylation is 1. The minimum Gasteiger partial charge on any atom is -0.495 e. The highest BCUT2D eigenvalue weighted by Gasteiger charge is 2.16. The summed E-state index contributed by atoms with van der Waals surface area (Å²) in [6.07, 6.45) is 5.40. The molecule has 2 heterocycles. The van der Waals surface area contributed by atoms with Crippen LogP contribution in [0.1, 0.15) is 28.8 Å². The number of anilines is 2. The van der Waals surface area contributed by atoms with Gasteiger partial charge in [-0.05, 0) is 31.4 Å². The van der Waals surface area contributed by atoms with Crippen LogP contribution in [0.4, 0.5) is 11.6 Å². The van der Waals surface area contributed by atoms with Crippen molar-refractivity contribution in [1.82, 2.24) is 9.97 Å². The van der Waals surface area contributed by atoms with Gasteiger partial charge in [-0.2, -0.15) is 0 Å². The quantitative estimate of drug-likeness (QED) is 0.920. The first-order chi connectivity index (χ1) is 11.6. The molecule has 3 rings (SSSR count). The molecule has 1 N–H and O–H groups in total. The van der Waals surface area contributed by atoms with E-state index in [1.165, 1.54) is 7.11 Å². The Balaban J connectivity index is 1.76. The summed E-state index contributed by atoms with van der Waals surface area (Å²) in [4.78, 5) is 23.1. The summed E-state index contributed by atoms with van der Waals surface area (Å²) in [5, 5.41) is 3.40. The van der Waals surface area contributed by atoms with E-state index in [9.17, 15) is 4.79 Å². The zero-order valence-corrected chi connectivity index (χ0v) is 14.4. The summed E-state index contributed by atoms with van der Waals surface area (Å²) in [6, 6.07) is 3.46. The number of carbonyl (C=O) groups is 1. The Morgan fingerprint density at radius 3 is 2.54 bits per heavy atom. The summed E-state index contributed by atoms with van der Waals surface area (Å²) in [7, 11) is 1.53. The Bertz CT molecular complexity index is 743. The van der Waals surface area contributed by atoms with Crippen LogP contribution in [0.2, 0.25) is 5.02 Å². The van der Waals surface area contributed by atoms with Crippen molar-refractivity contribution in [3.05, 3.63) is 40.7 Å². The molecule has 0 atom stereocenters. The van der Waals surface area contributed by atoms with Gasteiger partial charge in [0.05, 0.1) is 18.4 Å². The SMILES string of the molecule is COc1cc(Cl)c(C)cc1NC(=O)c1cnc(N2CCCC2)nc1. The maximum Gasteiger partial charge on any atom is 0.258 e. The molecule has 1 saturated heterocycles. The predicted molar refractivity (Wildman–Crippen MR) is 94.2 cm³/mol. The fourth-order valence-corrected chi connectivity index (χ4v) is 2.80. The number of carbonyl (C=O) groups excluding carboxylic acids is 1. The van der Waals surface area contributed by atoms with Crippen LogP contribution >= 0.6 is 11.6 Å². The second-order valence-corrected chi connectivity index (χ2v) is 6.13. The average Bonchev–Trinajstić information content (AvgIpc) is 3.12. The number of methoxy groups -OCH3 is 1. The maximum atomic E-state index is 12.4. The van der Waals surface area contributed by atoms with Crippen LogP contribution < -0.4 is 15.0 Å². The third-order valence-corrected chi connectivity index (χ3v) is 4.43. The zero-order chi connectivity index (χ0) is 17.1. The fraction of sp³-hybridized carbons (Fsp3) is 0.353. The third kappa shape index (κ3) is 3.43. The molecule has 2 aromatic rings. The smallest absolute Gasteiger partial charge is 0.258 e. The highest BCUT2D eigenvalue weighted by Crippen LogP contribution is 2.31. The Morgan fingerprint density at radius 1 is 1.25 bits per heavy atom. The number of hydrogen-bond donors (Lipinski definition) is 1. The minimum absolute atomic E-state index is 0.289. The Morgan fingerprint density at radius 2 is 1.92 bits per heavy atom. The fourth-order valence-electron chi connectivity index (χ4n) is 2.64. The van der Waals surface area contributed by atoms with Crippen molar-refractivity contribution >= 4 is 29.1 Å². The molecule has 126 valence electrons. The number of rotatable bonds is 4. The minimum atomic E-state index is -0.289. The van der Waals surface area contributed by atoms with E-state index in [4.69, 9.17) is 16.3 Å². The van der Waals surface area contributed by atoms with E-state index in [1.807, 2.05) is 6.92 Å². The Labute approximate surface area is 145 Å². The second kappa shape index (κ2) is 7.05. The summed E-state index contributed by atoms with van der Waals surface area (Å²) < 4.78 is 5.27. The summed E-state index contributed by atoms with van der Waals surface area (Å²) in [5.41, 5.74) is 1.81. The van der Waals surface area contributed by atoms with Gasteiger partial charge >= 0.3 is 0 Å². The van der Waals surface area contributed by atoms with Crippen LogP contribution in [0.5, 0.6) is 5.75 Å². The van der Waals surface area contributed by atoms with Crippen molar-refractivity contribution in [3.8, 4) is 5.75 Å². The lowest BCUT2D eigenvalue weighted by Gasteiger charge is -2.15. The molecule has 1 fully saturated rings. The molecule has 0 spiro atoms. The van der Waals surface area contributed by atoms with E-state index >= 15 is 0 Å². The molecular formula is C17H19ClN4O2. The number of hydrogen-bond acceptors (Lipinski definition) is 5. The number of nitrogens with one attached hydrogen (secondary N) is 1. The number of halogens is 1. The van der Waals surface area contributed by atoms with Gasteiger partial charge < -0.3 is 15.0 Å². The number of amides is 1. The Kier molecular flexibility index (Phi) is 4.85. The van der Waals surface area contributed by atoms with Crippen LogP contribution in [-0.4, -0.2) is 36.1 Å². The number of nitrogens with zero attached hydrogens (tertiary/aromatic N) is 3. The van der Waals surface area contributed by atoms with Gasteiger partial charge in [0.2, 0.25) is 5.95 Å². The molecule has 1 aromatic carbocycles. The second-order valence-electron chi connectivity index (χ2n) is 5.72. The van der Waals surface area contributed by atoms with Crippen molar-refractivity contribution in [2.24, 2.45) is 0 Å². The van der Waals surface area contributed by atoms with E-state index in [2.05, 4.69) is 20.2 Å². The van der Waals surface area contributed by atoms with E-state index < -0.39 is 0 Å². The van der Waals surface area contributed by atoms with Crippen LogP contribution in [0.3, 0.4) is 0 Å². The van der Waals surface area contributed by atoms with Gasteiger partial charge in [-0.3, -0.25) is 4.79 Å². The molecule has 1 aliphatic heterocycles. The van der Waals surface area contributed by atoms with Gasteiger partial charge in [0.15, 0.2) is 0 Å². The number of benzene rings is 1. The van der Waals surface area contributed by atoms with Crippen LogP contribution in [0, 0.1) is 6.92 Å². The first-order valence-corrected chi connectivity index (χ1v) is 8.19. The first-order valence-electron chi connectivity index (χ1n) is 7.81. The normalized spacial score (nSPS) is 13.9. The van der Waals surface area contributed by atoms with Gasteiger partial charge in [0.25, 0.3) is 5.91 Å². The van der Waals surface area contributed by atoms with Crippen LogP contribution in [0.15, 0.2) is 24.5 Å². The number of ether oxygens (including phenoxy) is 1. The van der Waals surface area contributed by atoms with Crippen molar-refractivity contribution in [3.63, 3.8) is 0 Å². The highest BCUT2D eigenvalue weighted by molar-refractivity contribution is 6.31. The Hall–Kier alpha value is -2.34. The molecule has 1 aromatic heterocycles. The van der Waals surface area contributed by atoms with E-state index in [0.717, 1.165) is 31.5 Å². The first kappa shape index (κ1) is 16.5.